The van der Waals surface area contributed by atoms with Crippen LogP contribution in [0.4, 0.5) is 8.78 Å². The lowest BCUT2D eigenvalue weighted by molar-refractivity contribution is 0.403. The molecule has 0 aliphatic rings. The zero-order valence-corrected chi connectivity index (χ0v) is 8.90. The van der Waals surface area contributed by atoms with Crippen molar-refractivity contribution >= 4 is 0 Å². The van der Waals surface area contributed by atoms with Crippen molar-refractivity contribution in [3.8, 4) is 5.75 Å². The van der Waals surface area contributed by atoms with Crippen molar-refractivity contribution in [2.45, 2.75) is 6.04 Å². The number of benzene rings is 2. The summed E-state index contributed by atoms with van der Waals surface area (Å²) < 4.78 is 26.8. The van der Waals surface area contributed by atoms with Crippen LogP contribution in [0.5, 0.6) is 5.75 Å². The van der Waals surface area contributed by atoms with E-state index >= 15 is 0 Å². The Labute approximate surface area is 97.3 Å². The van der Waals surface area contributed by atoms with Gasteiger partial charge in [0.1, 0.15) is 0 Å². The van der Waals surface area contributed by atoms with Crippen LogP contribution in [-0.2, 0) is 0 Å². The van der Waals surface area contributed by atoms with E-state index in [1.54, 1.807) is 24.3 Å². The van der Waals surface area contributed by atoms with Crippen LogP contribution in [0.2, 0.25) is 0 Å². The average molecular weight is 235 g/mol. The molecule has 2 aromatic rings. The summed E-state index contributed by atoms with van der Waals surface area (Å²) in [6.45, 7) is 0. The number of aromatic hydroxyl groups is 1. The van der Waals surface area contributed by atoms with Crippen LogP contribution in [0, 0.1) is 11.6 Å². The highest BCUT2D eigenvalue weighted by atomic mass is 19.2. The molecular weight excluding hydrogens is 224 g/mol. The highest BCUT2D eigenvalue weighted by molar-refractivity contribution is 5.36. The van der Waals surface area contributed by atoms with E-state index in [0.29, 0.717) is 5.56 Å². The van der Waals surface area contributed by atoms with Gasteiger partial charge < -0.3 is 10.8 Å². The van der Waals surface area contributed by atoms with Crippen LogP contribution in [0.1, 0.15) is 17.2 Å². The van der Waals surface area contributed by atoms with Gasteiger partial charge in [-0.3, -0.25) is 0 Å². The summed E-state index contributed by atoms with van der Waals surface area (Å²) >= 11 is 0. The van der Waals surface area contributed by atoms with Gasteiger partial charge in [-0.05, 0) is 11.6 Å². The molecule has 88 valence electrons. The summed E-state index contributed by atoms with van der Waals surface area (Å²) in [6, 6.07) is 10.4. The van der Waals surface area contributed by atoms with Crippen molar-refractivity contribution in [3.63, 3.8) is 0 Å². The van der Waals surface area contributed by atoms with Crippen LogP contribution < -0.4 is 5.73 Å². The minimum absolute atomic E-state index is 0.0199. The summed E-state index contributed by atoms with van der Waals surface area (Å²) in [5.74, 6) is -3.10. The van der Waals surface area contributed by atoms with E-state index in [9.17, 15) is 8.78 Å². The van der Waals surface area contributed by atoms with Crippen molar-refractivity contribution in [1.29, 1.82) is 0 Å². The molecule has 2 nitrogen and oxygen atoms in total. The van der Waals surface area contributed by atoms with Crippen molar-refractivity contribution in [2.24, 2.45) is 5.73 Å². The Morgan fingerprint density at radius 1 is 0.941 bits per heavy atom. The fraction of sp³-hybridized carbons (Fsp3) is 0.0769. The number of hydrogen-bond acceptors (Lipinski definition) is 2. The van der Waals surface area contributed by atoms with E-state index < -0.39 is 23.4 Å². The molecule has 2 aromatic carbocycles. The van der Waals surface area contributed by atoms with Gasteiger partial charge in [0.15, 0.2) is 11.6 Å². The standard InChI is InChI=1S/C13H11F2NO/c14-11-9(6-7-10(17)12(11)15)13(16)8-4-2-1-3-5-8/h1-7,13,17H,16H2. The number of phenolic OH excluding ortho intramolecular Hbond substituents is 1. The van der Waals surface area contributed by atoms with Crippen molar-refractivity contribution in [1.82, 2.24) is 0 Å². The third kappa shape index (κ3) is 2.12. The second-order valence-corrected chi connectivity index (χ2v) is 3.69. The first-order valence-electron chi connectivity index (χ1n) is 5.08. The molecule has 17 heavy (non-hydrogen) atoms. The van der Waals surface area contributed by atoms with Crippen LogP contribution in [-0.4, -0.2) is 5.11 Å². The van der Waals surface area contributed by atoms with E-state index in [-0.39, 0.29) is 5.56 Å². The normalized spacial score (nSPS) is 12.4. The second kappa shape index (κ2) is 4.51. The first kappa shape index (κ1) is 11.5. The zero-order valence-electron chi connectivity index (χ0n) is 8.90. The zero-order chi connectivity index (χ0) is 12.4. The summed E-state index contributed by atoms with van der Waals surface area (Å²) in [5.41, 5.74) is 6.55. The van der Waals surface area contributed by atoms with Gasteiger partial charge in [-0.15, -0.1) is 0 Å². The maximum atomic E-state index is 13.6. The summed E-state index contributed by atoms with van der Waals surface area (Å²) in [6.07, 6.45) is 0. The molecule has 0 amide bonds. The molecule has 0 heterocycles. The highest BCUT2D eigenvalue weighted by Crippen LogP contribution is 2.27. The molecule has 0 radical (unpaired) electrons. The maximum absolute atomic E-state index is 13.6. The number of halogens is 2. The molecule has 4 heteroatoms. The maximum Gasteiger partial charge on any atom is 0.200 e. The van der Waals surface area contributed by atoms with Gasteiger partial charge in [0.05, 0.1) is 6.04 Å². The molecule has 0 bridgehead atoms. The van der Waals surface area contributed by atoms with E-state index in [1.807, 2.05) is 6.07 Å². The number of phenols is 1. The predicted octanol–water partition coefficient (Wildman–Crippen LogP) is 2.72. The largest absolute Gasteiger partial charge is 0.505 e. The van der Waals surface area contributed by atoms with Gasteiger partial charge in [-0.25, -0.2) is 4.39 Å². The Hall–Kier alpha value is -1.94. The predicted molar refractivity (Wildman–Crippen MR) is 60.5 cm³/mol. The van der Waals surface area contributed by atoms with Gasteiger partial charge in [-0.1, -0.05) is 36.4 Å². The minimum Gasteiger partial charge on any atom is -0.505 e. The first-order chi connectivity index (χ1) is 8.11. The average Bonchev–Trinajstić information content (AvgIpc) is 2.36. The van der Waals surface area contributed by atoms with Gasteiger partial charge in [0.25, 0.3) is 0 Å². The summed E-state index contributed by atoms with van der Waals surface area (Å²) in [7, 11) is 0. The lowest BCUT2D eigenvalue weighted by atomic mass is 9.99. The van der Waals surface area contributed by atoms with Crippen molar-refractivity contribution in [3.05, 3.63) is 65.2 Å². The molecule has 1 atom stereocenters. The molecule has 0 aromatic heterocycles. The van der Waals surface area contributed by atoms with Crippen molar-refractivity contribution in [2.75, 3.05) is 0 Å². The molecule has 2 rings (SSSR count). The molecule has 0 fully saturated rings. The van der Waals surface area contributed by atoms with Crippen LogP contribution in [0.15, 0.2) is 42.5 Å². The molecule has 1 unspecified atom stereocenters. The fourth-order valence-electron chi connectivity index (χ4n) is 1.63. The Morgan fingerprint density at radius 2 is 1.59 bits per heavy atom. The smallest absolute Gasteiger partial charge is 0.200 e. The minimum atomic E-state index is -1.27. The lowest BCUT2D eigenvalue weighted by Crippen LogP contribution is -2.14. The number of nitrogens with two attached hydrogens (primary N) is 1. The van der Waals surface area contributed by atoms with Crippen LogP contribution in [0.3, 0.4) is 0 Å². The van der Waals surface area contributed by atoms with Gasteiger partial charge in [0, 0.05) is 5.56 Å². The summed E-state index contributed by atoms with van der Waals surface area (Å²) in [5, 5.41) is 9.02. The Morgan fingerprint density at radius 3 is 2.24 bits per heavy atom. The third-order valence-corrected chi connectivity index (χ3v) is 2.59. The lowest BCUT2D eigenvalue weighted by Gasteiger charge is -2.14. The van der Waals surface area contributed by atoms with Crippen LogP contribution in [0.25, 0.3) is 0 Å². The number of rotatable bonds is 2. The molecular formula is C13H11F2NO. The quantitative estimate of drug-likeness (QED) is 0.840. The molecule has 3 N–H and O–H groups in total. The topological polar surface area (TPSA) is 46.2 Å². The molecule has 0 aliphatic carbocycles. The number of hydrogen-bond donors (Lipinski definition) is 2. The highest BCUT2D eigenvalue weighted by Gasteiger charge is 2.18. The summed E-state index contributed by atoms with van der Waals surface area (Å²) in [4.78, 5) is 0. The van der Waals surface area contributed by atoms with Gasteiger partial charge >= 0.3 is 0 Å². The Balaban J connectivity index is 2.45. The van der Waals surface area contributed by atoms with E-state index in [1.165, 1.54) is 6.07 Å². The Kier molecular flexibility index (Phi) is 3.06. The van der Waals surface area contributed by atoms with Gasteiger partial charge in [-0.2, -0.15) is 4.39 Å². The SMILES string of the molecule is NC(c1ccccc1)c1ccc(O)c(F)c1F. The van der Waals surface area contributed by atoms with Crippen molar-refractivity contribution < 1.29 is 13.9 Å². The van der Waals surface area contributed by atoms with E-state index in [0.717, 1.165) is 6.07 Å². The van der Waals surface area contributed by atoms with Crippen LogP contribution >= 0.6 is 0 Å². The third-order valence-electron chi connectivity index (χ3n) is 2.59. The molecule has 0 aliphatic heterocycles. The van der Waals surface area contributed by atoms with E-state index in [4.69, 9.17) is 10.8 Å². The first-order valence-corrected chi connectivity index (χ1v) is 5.08. The fourth-order valence-corrected chi connectivity index (χ4v) is 1.63. The monoisotopic (exact) mass is 235 g/mol. The molecule has 0 spiro atoms. The Bertz CT molecular complexity index is 528. The van der Waals surface area contributed by atoms with Gasteiger partial charge in [0.2, 0.25) is 5.82 Å². The van der Waals surface area contributed by atoms with E-state index in [2.05, 4.69) is 0 Å². The molecule has 0 saturated carbocycles. The molecule has 0 saturated heterocycles. The second-order valence-electron chi connectivity index (χ2n) is 3.69.